The number of benzene rings is 1. The molecule has 1 saturated heterocycles. The molecule has 1 heterocycles. The van der Waals surface area contributed by atoms with Gasteiger partial charge in [-0.15, -0.1) is 0 Å². The third-order valence-corrected chi connectivity index (χ3v) is 4.33. The van der Waals surface area contributed by atoms with E-state index in [0.29, 0.717) is 26.4 Å². The van der Waals surface area contributed by atoms with Gasteiger partial charge in [0.2, 0.25) is 5.91 Å². The molecular weight excluding hydrogens is 292 g/mol. The van der Waals surface area contributed by atoms with Gasteiger partial charge < -0.3 is 20.5 Å². The maximum atomic E-state index is 12.0. The summed E-state index contributed by atoms with van der Waals surface area (Å²) in [6, 6.07) is 9.69. The fraction of sp³-hybridized carbons (Fsp3) is 0.611. The lowest BCUT2D eigenvalue weighted by Gasteiger charge is -2.26. The summed E-state index contributed by atoms with van der Waals surface area (Å²) in [5, 5.41) is 2.91. The van der Waals surface area contributed by atoms with Gasteiger partial charge in [-0.05, 0) is 37.7 Å². The monoisotopic (exact) mass is 320 g/mol. The molecule has 1 amide bonds. The number of hydrogen-bond donors (Lipinski definition) is 2. The van der Waals surface area contributed by atoms with E-state index in [1.165, 1.54) is 0 Å². The molecule has 128 valence electrons. The lowest BCUT2D eigenvalue weighted by molar-refractivity contribution is -0.124. The van der Waals surface area contributed by atoms with Crippen molar-refractivity contribution in [3.8, 4) is 0 Å². The van der Waals surface area contributed by atoms with Crippen LogP contribution in [-0.4, -0.2) is 38.3 Å². The van der Waals surface area contributed by atoms with Gasteiger partial charge in [0.15, 0.2) is 0 Å². The maximum absolute atomic E-state index is 12.0. The first-order valence-electron chi connectivity index (χ1n) is 8.46. The molecule has 0 aliphatic carbocycles. The lowest BCUT2D eigenvalue weighted by Crippen LogP contribution is -2.47. The molecular formula is C18H28N2O3. The summed E-state index contributed by atoms with van der Waals surface area (Å²) in [4.78, 5) is 12.0. The van der Waals surface area contributed by atoms with E-state index in [2.05, 4.69) is 17.4 Å². The van der Waals surface area contributed by atoms with Gasteiger partial charge in [-0.3, -0.25) is 4.79 Å². The van der Waals surface area contributed by atoms with E-state index >= 15 is 0 Å². The topological polar surface area (TPSA) is 73.6 Å². The van der Waals surface area contributed by atoms with Crippen LogP contribution in [0.25, 0.3) is 0 Å². The van der Waals surface area contributed by atoms with E-state index in [4.69, 9.17) is 15.2 Å². The van der Waals surface area contributed by atoms with Crippen molar-refractivity contribution in [1.29, 1.82) is 0 Å². The third kappa shape index (κ3) is 5.94. The van der Waals surface area contributed by atoms with Crippen LogP contribution in [0.4, 0.5) is 0 Å². The van der Waals surface area contributed by atoms with E-state index in [1.807, 2.05) is 25.1 Å². The Hall–Kier alpha value is -1.43. The van der Waals surface area contributed by atoms with Crippen molar-refractivity contribution in [3.05, 3.63) is 35.9 Å². The first-order chi connectivity index (χ1) is 11.2. The molecule has 1 aromatic carbocycles. The number of rotatable bonds is 8. The minimum absolute atomic E-state index is 0.0620. The Kier molecular flexibility index (Phi) is 7.52. The van der Waals surface area contributed by atoms with Crippen molar-refractivity contribution in [1.82, 2.24) is 5.32 Å². The number of carbonyl (C=O) groups excluding carboxylic acids is 1. The Bertz CT molecular complexity index is 461. The Morgan fingerprint density at radius 2 is 2.04 bits per heavy atom. The summed E-state index contributed by atoms with van der Waals surface area (Å²) < 4.78 is 11.1. The predicted molar refractivity (Wildman–Crippen MR) is 90.0 cm³/mol. The molecule has 0 bridgehead atoms. The largest absolute Gasteiger partial charge is 0.381 e. The predicted octanol–water partition coefficient (Wildman–Crippen LogP) is 2.02. The van der Waals surface area contributed by atoms with E-state index in [9.17, 15) is 4.79 Å². The van der Waals surface area contributed by atoms with Crippen molar-refractivity contribution < 1.29 is 14.3 Å². The first-order valence-corrected chi connectivity index (χ1v) is 8.46. The summed E-state index contributed by atoms with van der Waals surface area (Å²) in [5.74, 6) is 0.172. The number of amides is 1. The summed E-state index contributed by atoms with van der Waals surface area (Å²) in [6.07, 6.45) is 2.58. The van der Waals surface area contributed by atoms with Gasteiger partial charge in [0.05, 0.1) is 12.1 Å². The average molecular weight is 320 g/mol. The van der Waals surface area contributed by atoms with Crippen LogP contribution in [0.2, 0.25) is 0 Å². The van der Waals surface area contributed by atoms with Gasteiger partial charge in [0, 0.05) is 26.4 Å². The molecule has 1 aliphatic rings. The second-order valence-electron chi connectivity index (χ2n) is 6.04. The average Bonchev–Trinajstić information content (AvgIpc) is 2.62. The summed E-state index contributed by atoms with van der Waals surface area (Å²) in [7, 11) is 0. The normalized spacial score (nSPS) is 18.3. The van der Waals surface area contributed by atoms with Gasteiger partial charge in [-0.25, -0.2) is 0 Å². The summed E-state index contributed by atoms with van der Waals surface area (Å²) >= 11 is 0. The van der Waals surface area contributed by atoms with Crippen molar-refractivity contribution >= 4 is 5.91 Å². The Balaban J connectivity index is 1.58. The van der Waals surface area contributed by atoms with Crippen LogP contribution in [0.1, 0.15) is 37.9 Å². The van der Waals surface area contributed by atoms with Crippen molar-refractivity contribution in [2.45, 2.75) is 38.3 Å². The molecule has 0 aromatic heterocycles. The number of ether oxygens (including phenoxy) is 2. The fourth-order valence-electron chi connectivity index (χ4n) is 2.77. The van der Waals surface area contributed by atoms with Crippen molar-refractivity contribution in [3.63, 3.8) is 0 Å². The van der Waals surface area contributed by atoms with Crippen LogP contribution in [-0.2, 0) is 14.3 Å². The van der Waals surface area contributed by atoms with E-state index in [0.717, 1.165) is 24.8 Å². The van der Waals surface area contributed by atoms with Crippen molar-refractivity contribution in [2.75, 3.05) is 26.4 Å². The van der Waals surface area contributed by atoms with Crippen LogP contribution < -0.4 is 11.1 Å². The third-order valence-electron chi connectivity index (χ3n) is 4.33. The number of carbonyl (C=O) groups is 1. The molecule has 0 radical (unpaired) electrons. The lowest BCUT2D eigenvalue weighted by atomic mass is 9.92. The molecule has 2 unspecified atom stereocenters. The fourth-order valence-corrected chi connectivity index (χ4v) is 2.77. The van der Waals surface area contributed by atoms with Gasteiger partial charge >= 0.3 is 0 Å². The van der Waals surface area contributed by atoms with Crippen LogP contribution in [0.5, 0.6) is 0 Å². The quantitative estimate of drug-likeness (QED) is 0.719. The molecule has 1 aromatic rings. The van der Waals surface area contributed by atoms with Gasteiger partial charge in [-0.2, -0.15) is 0 Å². The van der Waals surface area contributed by atoms with E-state index in [1.54, 1.807) is 0 Å². The number of nitrogens with one attached hydrogen (secondary N) is 1. The molecule has 2 rings (SSSR count). The van der Waals surface area contributed by atoms with Gasteiger partial charge in [0.1, 0.15) is 0 Å². The molecule has 23 heavy (non-hydrogen) atoms. The minimum Gasteiger partial charge on any atom is -0.381 e. The van der Waals surface area contributed by atoms with Gasteiger partial charge in [0.25, 0.3) is 0 Å². The SMILES string of the molecule is CC(OCCCNC(=O)C(N)C1CCOCC1)c1ccccc1. The Labute approximate surface area is 138 Å². The smallest absolute Gasteiger partial charge is 0.237 e. The zero-order chi connectivity index (χ0) is 16.5. The van der Waals surface area contributed by atoms with Crippen molar-refractivity contribution in [2.24, 2.45) is 11.7 Å². The standard InChI is InChI=1S/C18H28N2O3/c1-14(15-6-3-2-4-7-15)23-11-5-10-20-18(21)17(19)16-8-12-22-13-9-16/h2-4,6-7,14,16-17H,5,8-13,19H2,1H3,(H,20,21). The van der Waals surface area contributed by atoms with E-state index in [-0.39, 0.29) is 17.9 Å². The zero-order valence-corrected chi connectivity index (χ0v) is 13.9. The second kappa shape index (κ2) is 9.65. The Morgan fingerprint density at radius 3 is 2.74 bits per heavy atom. The summed E-state index contributed by atoms with van der Waals surface area (Å²) in [5.41, 5.74) is 7.20. The minimum atomic E-state index is -0.428. The molecule has 5 nitrogen and oxygen atoms in total. The van der Waals surface area contributed by atoms with Gasteiger partial charge in [-0.1, -0.05) is 30.3 Å². The maximum Gasteiger partial charge on any atom is 0.237 e. The number of nitrogens with two attached hydrogens (primary N) is 1. The van der Waals surface area contributed by atoms with E-state index < -0.39 is 6.04 Å². The highest BCUT2D eigenvalue weighted by Gasteiger charge is 2.26. The molecule has 1 fully saturated rings. The molecule has 3 N–H and O–H groups in total. The van der Waals surface area contributed by atoms with Crippen LogP contribution >= 0.6 is 0 Å². The molecule has 0 spiro atoms. The second-order valence-corrected chi connectivity index (χ2v) is 6.04. The number of hydrogen-bond acceptors (Lipinski definition) is 4. The highest BCUT2D eigenvalue weighted by molar-refractivity contribution is 5.81. The molecule has 0 saturated carbocycles. The summed E-state index contributed by atoms with van der Waals surface area (Å²) in [6.45, 7) is 4.66. The highest BCUT2D eigenvalue weighted by atomic mass is 16.5. The van der Waals surface area contributed by atoms with Crippen LogP contribution in [0.15, 0.2) is 30.3 Å². The molecule has 5 heteroatoms. The zero-order valence-electron chi connectivity index (χ0n) is 13.9. The molecule has 1 aliphatic heterocycles. The highest BCUT2D eigenvalue weighted by Crippen LogP contribution is 2.18. The first kappa shape index (κ1) is 17.9. The van der Waals surface area contributed by atoms with Crippen LogP contribution in [0, 0.1) is 5.92 Å². The van der Waals surface area contributed by atoms with Crippen LogP contribution in [0.3, 0.4) is 0 Å². The molecule has 2 atom stereocenters. The Morgan fingerprint density at radius 1 is 1.35 bits per heavy atom.